The van der Waals surface area contributed by atoms with Crippen molar-refractivity contribution in [3.63, 3.8) is 0 Å². The number of hydrogen-bond acceptors (Lipinski definition) is 2. The predicted molar refractivity (Wildman–Crippen MR) is 78.2 cm³/mol. The fraction of sp³-hybridized carbons (Fsp3) is 0. The molecule has 1 heterocycles. The van der Waals surface area contributed by atoms with Crippen molar-refractivity contribution in [2.24, 2.45) is 0 Å². The number of hydrogen-bond donors (Lipinski definition) is 2. The fourth-order valence-electron chi connectivity index (χ4n) is 1.88. The van der Waals surface area contributed by atoms with Crippen molar-refractivity contribution in [3.8, 4) is 0 Å². The van der Waals surface area contributed by atoms with Gasteiger partial charge in [0.1, 0.15) is 5.69 Å². The van der Waals surface area contributed by atoms with Crippen LogP contribution in [-0.2, 0) is 0 Å². The maximum absolute atomic E-state index is 11.9. The third-order valence-corrected chi connectivity index (χ3v) is 3.30. The number of rotatable bonds is 2. The highest BCUT2D eigenvalue weighted by atomic mass is 79.9. The van der Waals surface area contributed by atoms with Crippen LogP contribution in [0, 0.1) is 0 Å². The number of H-pyrrole nitrogens is 1. The molecule has 3 aromatic rings. The first-order valence-electron chi connectivity index (χ1n) is 5.72. The first kappa shape index (κ1) is 11.9. The van der Waals surface area contributed by atoms with Gasteiger partial charge in [0.05, 0.1) is 0 Å². The Morgan fingerprint density at radius 3 is 2.68 bits per heavy atom. The van der Waals surface area contributed by atoms with Crippen molar-refractivity contribution in [3.05, 3.63) is 58.8 Å². The molecule has 2 aromatic carbocycles. The summed E-state index contributed by atoms with van der Waals surface area (Å²) in [5, 5.41) is 11.4. The molecule has 0 spiro atoms. The highest BCUT2D eigenvalue weighted by Crippen LogP contribution is 2.23. The van der Waals surface area contributed by atoms with Gasteiger partial charge in [-0.15, -0.1) is 0 Å². The summed E-state index contributed by atoms with van der Waals surface area (Å²) in [5.41, 5.74) is 1.20. The minimum absolute atomic E-state index is 0.200. The molecule has 94 valence electrons. The van der Waals surface area contributed by atoms with Crippen LogP contribution >= 0.6 is 15.9 Å². The van der Waals surface area contributed by atoms with Gasteiger partial charge in [0.2, 0.25) is 0 Å². The van der Waals surface area contributed by atoms with E-state index in [0.717, 1.165) is 20.9 Å². The van der Waals surface area contributed by atoms with E-state index in [2.05, 4.69) is 31.4 Å². The molecule has 5 heteroatoms. The van der Waals surface area contributed by atoms with E-state index < -0.39 is 0 Å². The average Bonchev–Trinajstić information content (AvgIpc) is 2.93. The molecular weight excluding hydrogens is 306 g/mol. The number of aromatic amines is 1. The Morgan fingerprint density at radius 1 is 1.11 bits per heavy atom. The second-order valence-electron chi connectivity index (χ2n) is 4.13. The number of halogens is 1. The standard InChI is InChI=1S/C14H10BrN3O/c15-11-3-1-10-8-12(4-2-9(10)7-11)17-14(19)13-5-6-16-18-13/h1-8H,(H,16,18)(H,17,19). The summed E-state index contributed by atoms with van der Waals surface area (Å²) in [6, 6.07) is 13.4. The molecule has 2 N–H and O–H groups in total. The first-order chi connectivity index (χ1) is 9.22. The van der Waals surface area contributed by atoms with Crippen LogP contribution in [0.2, 0.25) is 0 Å². The molecule has 0 bridgehead atoms. The number of nitrogens with zero attached hydrogens (tertiary/aromatic N) is 1. The number of nitrogens with one attached hydrogen (secondary N) is 2. The normalized spacial score (nSPS) is 10.6. The number of anilines is 1. The summed E-state index contributed by atoms with van der Waals surface area (Å²) in [6.45, 7) is 0. The molecule has 0 radical (unpaired) electrons. The van der Waals surface area contributed by atoms with E-state index in [1.165, 1.54) is 0 Å². The maximum atomic E-state index is 11.9. The summed E-state index contributed by atoms with van der Waals surface area (Å²) in [5.74, 6) is -0.200. The van der Waals surface area contributed by atoms with Crippen LogP contribution in [0.1, 0.15) is 10.5 Å². The van der Waals surface area contributed by atoms with Crippen molar-refractivity contribution in [1.82, 2.24) is 10.2 Å². The van der Waals surface area contributed by atoms with Crippen LogP contribution in [-0.4, -0.2) is 16.1 Å². The second kappa shape index (κ2) is 4.85. The van der Waals surface area contributed by atoms with E-state index in [-0.39, 0.29) is 5.91 Å². The monoisotopic (exact) mass is 315 g/mol. The minimum atomic E-state index is -0.200. The number of amides is 1. The zero-order valence-electron chi connectivity index (χ0n) is 9.85. The number of carbonyl (C=O) groups excluding carboxylic acids is 1. The topological polar surface area (TPSA) is 57.8 Å². The quantitative estimate of drug-likeness (QED) is 0.759. The second-order valence-corrected chi connectivity index (χ2v) is 5.05. The lowest BCUT2D eigenvalue weighted by atomic mass is 10.1. The van der Waals surface area contributed by atoms with Crippen LogP contribution < -0.4 is 5.32 Å². The lowest BCUT2D eigenvalue weighted by Crippen LogP contribution is -2.12. The van der Waals surface area contributed by atoms with E-state index in [4.69, 9.17) is 0 Å². The van der Waals surface area contributed by atoms with Crippen LogP contribution in [0.4, 0.5) is 5.69 Å². The molecule has 0 fully saturated rings. The Hall–Kier alpha value is -2.14. The summed E-state index contributed by atoms with van der Waals surface area (Å²) in [4.78, 5) is 11.9. The highest BCUT2D eigenvalue weighted by Gasteiger charge is 2.07. The molecule has 0 aliphatic rings. The lowest BCUT2D eigenvalue weighted by Gasteiger charge is -2.05. The van der Waals surface area contributed by atoms with Crippen LogP contribution in [0.25, 0.3) is 10.8 Å². The van der Waals surface area contributed by atoms with Gasteiger partial charge in [-0.25, -0.2) is 0 Å². The Labute approximate surface area is 118 Å². The highest BCUT2D eigenvalue weighted by molar-refractivity contribution is 9.10. The van der Waals surface area contributed by atoms with E-state index in [0.29, 0.717) is 5.69 Å². The third-order valence-electron chi connectivity index (χ3n) is 2.81. The number of aromatic nitrogens is 2. The van der Waals surface area contributed by atoms with Gasteiger partial charge in [0.15, 0.2) is 0 Å². The number of fused-ring (bicyclic) bond motifs is 1. The molecule has 1 amide bonds. The van der Waals surface area contributed by atoms with Gasteiger partial charge < -0.3 is 5.32 Å². The summed E-state index contributed by atoms with van der Waals surface area (Å²) >= 11 is 3.44. The van der Waals surface area contributed by atoms with Gasteiger partial charge in [0.25, 0.3) is 5.91 Å². The first-order valence-corrected chi connectivity index (χ1v) is 6.52. The Balaban J connectivity index is 1.89. The Bertz CT molecular complexity index is 738. The van der Waals surface area contributed by atoms with Crippen LogP contribution in [0.15, 0.2) is 53.1 Å². The Kier molecular flexibility index (Phi) is 3.05. The molecule has 0 saturated carbocycles. The summed E-state index contributed by atoms with van der Waals surface area (Å²) in [7, 11) is 0. The predicted octanol–water partition coefficient (Wildman–Crippen LogP) is 3.58. The van der Waals surface area contributed by atoms with Crippen molar-refractivity contribution >= 4 is 38.3 Å². The van der Waals surface area contributed by atoms with Gasteiger partial charge >= 0.3 is 0 Å². The van der Waals surface area contributed by atoms with Crippen LogP contribution in [0.5, 0.6) is 0 Å². The zero-order valence-corrected chi connectivity index (χ0v) is 11.4. The van der Waals surface area contributed by atoms with Gasteiger partial charge in [-0.05, 0) is 41.1 Å². The average molecular weight is 316 g/mol. The van der Waals surface area contributed by atoms with Gasteiger partial charge in [0, 0.05) is 16.4 Å². The molecule has 1 aromatic heterocycles. The molecule has 0 saturated heterocycles. The van der Waals surface area contributed by atoms with E-state index in [1.807, 2.05) is 36.4 Å². The van der Waals surface area contributed by atoms with Gasteiger partial charge in [-0.2, -0.15) is 5.10 Å². The van der Waals surface area contributed by atoms with Crippen molar-refractivity contribution in [1.29, 1.82) is 0 Å². The number of carbonyl (C=O) groups is 1. The molecule has 0 atom stereocenters. The molecule has 4 nitrogen and oxygen atoms in total. The van der Waals surface area contributed by atoms with Gasteiger partial charge in [-0.1, -0.05) is 28.1 Å². The third kappa shape index (κ3) is 2.51. The zero-order chi connectivity index (χ0) is 13.2. The van der Waals surface area contributed by atoms with E-state index >= 15 is 0 Å². The molecule has 0 aliphatic carbocycles. The lowest BCUT2D eigenvalue weighted by molar-refractivity contribution is 0.102. The van der Waals surface area contributed by atoms with Crippen LogP contribution in [0.3, 0.4) is 0 Å². The van der Waals surface area contributed by atoms with Gasteiger partial charge in [-0.3, -0.25) is 9.89 Å². The molecule has 0 unspecified atom stereocenters. The molecule has 3 rings (SSSR count). The van der Waals surface area contributed by atoms with Crippen molar-refractivity contribution in [2.45, 2.75) is 0 Å². The summed E-state index contributed by atoms with van der Waals surface area (Å²) in [6.07, 6.45) is 1.55. The largest absolute Gasteiger partial charge is 0.321 e. The molecule has 19 heavy (non-hydrogen) atoms. The SMILES string of the molecule is O=C(Nc1ccc2cc(Br)ccc2c1)c1ccn[nH]1. The van der Waals surface area contributed by atoms with Crippen molar-refractivity contribution in [2.75, 3.05) is 5.32 Å². The van der Waals surface area contributed by atoms with Crippen molar-refractivity contribution < 1.29 is 4.79 Å². The smallest absolute Gasteiger partial charge is 0.273 e. The molecule has 0 aliphatic heterocycles. The van der Waals surface area contributed by atoms with E-state index in [9.17, 15) is 4.79 Å². The summed E-state index contributed by atoms with van der Waals surface area (Å²) < 4.78 is 1.04. The minimum Gasteiger partial charge on any atom is -0.321 e. The fourth-order valence-corrected chi connectivity index (χ4v) is 2.25. The maximum Gasteiger partial charge on any atom is 0.273 e. The van der Waals surface area contributed by atoms with E-state index in [1.54, 1.807) is 12.3 Å². The Morgan fingerprint density at radius 2 is 1.89 bits per heavy atom. The number of benzene rings is 2. The molecular formula is C14H10BrN3O.